The molecule has 1 heterocycles. The number of esters is 1. The summed E-state index contributed by atoms with van der Waals surface area (Å²) in [7, 11) is 1.37. The lowest BCUT2D eigenvalue weighted by Crippen LogP contribution is -2.59. The summed E-state index contributed by atoms with van der Waals surface area (Å²) in [4.78, 5) is 14.5. The maximum Gasteiger partial charge on any atom is 0.331 e. The van der Waals surface area contributed by atoms with Crippen molar-refractivity contribution in [3.05, 3.63) is 35.9 Å². The Bertz CT molecular complexity index is 480. The highest BCUT2D eigenvalue weighted by atomic mass is 16.5. The predicted octanol–water partition coefficient (Wildman–Crippen LogP) is 1.12. The number of hydrogen-bond acceptors (Lipinski definition) is 5. The molecule has 1 fully saturated rings. The monoisotopic (exact) mass is 292 g/mol. The number of rotatable bonds is 4. The second kappa shape index (κ2) is 6.56. The Balaban J connectivity index is 2.26. The molecule has 0 bridgehead atoms. The fraction of sp³-hybridized carbons (Fsp3) is 0.562. The van der Waals surface area contributed by atoms with E-state index in [2.05, 4.69) is 11.8 Å². The zero-order valence-electron chi connectivity index (χ0n) is 12.9. The molecule has 116 valence electrons. The van der Waals surface area contributed by atoms with Crippen LogP contribution in [0.15, 0.2) is 30.3 Å². The SMILES string of the molecule is COC(=O)C(N)(CN1CC(C)OCC1C)c1ccccc1. The highest BCUT2D eigenvalue weighted by molar-refractivity contribution is 5.82. The van der Waals surface area contributed by atoms with E-state index in [-0.39, 0.29) is 12.1 Å². The number of nitrogens with zero attached hydrogens (tertiary/aromatic N) is 1. The minimum Gasteiger partial charge on any atom is -0.467 e. The summed E-state index contributed by atoms with van der Waals surface area (Å²) >= 11 is 0. The molecule has 1 aliphatic rings. The zero-order chi connectivity index (χ0) is 15.5. The van der Waals surface area contributed by atoms with Crippen LogP contribution in [0.2, 0.25) is 0 Å². The Morgan fingerprint density at radius 1 is 1.43 bits per heavy atom. The van der Waals surface area contributed by atoms with Gasteiger partial charge in [-0.15, -0.1) is 0 Å². The number of carbonyl (C=O) groups excluding carboxylic acids is 1. The van der Waals surface area contributed by atoms with E-state index in [1.54, 1.807) is 0 Å². The summed E-state index contributed by atoms with van der Waals surface area (Å²) in [5.41, 5.74) is 6.06. The van der Waals surface area contributed by atoms with E-state index in [4.69, 9.17) is 15.2 Å². The van der Waals surface area contributed by atoms with Crippen LogP contribution >= 0.6 is 0 Å². The molecule has 0 aromatic heterocycles. The van der Waals surface area contributed by atoms with Crippen LogP contribution in [0.25, 0.3) is 0 Å². The van der Waals surface area contributed by atoms with Crippen molar-refractivity contribution in [3.63, 3.8) is 0 Å². The first-order valence-electron chi connectivity index (χ1n) is 7.26. The second-order valence-corrected chi connectivity index (χ2v) is 5.75. The molecular weight excluding hydrogens is 268 g/mol. The summed E-state index contributed by atoms with van der Waals surface area (Å²) in [6.07, 6.45) is 0.138. The van der Waals surface area contributed by atoms with Crippen molar-refractivity contribution in [1.82, 2.24) is 4.90 Å². The van der Waals surface area contributed by atoms with Gasteiger partial charge in [-0.05, 0) is 19.4 Å². The van der Waals surface area contributed by atoms with Crippen LogP contribution in [-0.2, 0) is 19.8 Å². The van der Waals surface area contributed by atoms with Crippen LogP contribution in [-0.4, -0.2) is 49.8 Å². The van der Waals surface area contributed by atoms with Gasteiger partial charge in [-0.1, -0.05) is 30.3 Å². The number of methoxy groups -OCH3 is 1. The molecule has 0 saturated carbocycles. The van der Waals surface area contributed by atoms with E-state index in [0.717, 1.165) is 12.1 Å². The Morgan fingerprint density at radius 2 is 2.10 bits per heavy atom. The van der Waals surface area contributed by atoms with Crippen molar-refractivity contribution in [1.29, 1.82) is 0 Å². The van der Waals surface area contributed by atoms with Gasteiger partial charge in [0.05, 0.1) is 19.8 Å². The van der Waals surface area contributed by atoms with Crippen LogP contribution in [0.5, 0.6) is 0 Å². The van der Waals surface area contributed by atoms with Crippen LogP contribution in [0.3, 0.4) is 0 Å². The number of benzene rings is 1. The Morgan fingerprint density at radius 3 is 2.71 bits per heavy atom. The van der Waals surface area contributed by atoms with Crippen molar-refractivity contribution in [3.8, 4) is 0 Å². The van der Waals surface area contributed by atoms with Gasteiger partial charge < -0.3 is 15.2 Å². The summed E-state index contributed by atoms with van der Waals surface area (Å²) in [5, 5.41) is 0. The maximum absolute atomic E-state index is 12.3. The van der Waals surface area contributed by atoms with Crippen molar-refractivity contribution in [2.45, 2.75) is 31.5 Å². The molecule has 1 aromatic rings. The van der Waals surface area contributed by atoms with Gasteiger partial charge in [0.1, 0.15) is 0 Å². The quantitative estimate of drug-likeness (QED) is 0.843. The van der Waals surface area contributed by atoms with Gasteiger partial charge in [0.15, 0.2) is 5.54 Å². The summed E-state index contributed by atoms with van der Waals surface area (Å²) < 4.78 is 10.6. The molecule has 1 saturated heterocycles. The van der Waals surface area contributed by atoms with E-state index < -0.39 is 11.5 Å². The molecule has 1 aromatic carbocycles. The summed E-state index contributed by atoms with van der Waals surface area (Å²) in [6.45, 7) is 5.92. The molecule has 3 unspecified atom stereocenters. The van der Waals surface area contributed by atoms with Crippen LogP contribution in [0.4, 0.5) is 0 Å². The van der Waals surface area contributed by atoms with Crippen molar-refractivity contribution in [2.24, 2.45) is 5.73 Å². The average Bonchev–Trinajstić information content (AvgIpc) is 2.50. The van der Waals surface area contributed by atoms with E-state index >= 15 is 0 Å². The first-order chi connectivity index (χ1) is 9.97. The van der Waals surface area contributed by atoms with Gasteiger partial charge >= 0.3 is 5.97 Å². The number of carbonyl (C=O) groups is 1. The largest absolute Gasteiger partial charge is 0.467 e. The van der Waals surface area contributed by atoms with Gasteiger partial charge in [0, 0.05) is 19.1 Å². The molecule has 1 aliphatic heterocycles. The second-order valence-electron chi connectivity index (χ2n) is 5.75. The van der Waals surface area contributed by atoms with E-state index in [1.807, 2.05) is 37.3 Å². The van der Waals surface area contributed by atoms with E-state index in [1.165, 1.54) is 7.11 Å². The molecule has 5 nitrogen and oxygen atoms in total. The minimum atomic E-state index is -1.17. The maximum atomic E-state index is 12.3. The molecule has 2 N–H and O–H groups in total. The van der Waals surface area contributed by atoms with Crippen molar-refractivity contribution in [2.75, 3.05) is 26.8 Å². The third kappa shape index (κ3) is 3.43. The van der Waals surface area contributed by atoms with Crippen molar-refractivity contribution >= 4 is 5.97 Å². The van der Waals surface area contributed by atoms with E-state index in [0.29, 0.717) is 13.2 Å². The van der Waals surface area contributed by atoms with Crippen LogP contribution in [0.1, 0.15) is 19.4 Å². The van der Waals surface area contributed by atoms with Crippen molar-refractivity contribution < 1.29 is 14.3 Å². The van der Waals surface area contributed by atoms with Crippen LogP contribution < -0.4 is 5.73 Å². The molecule has 21 heavy (non-hydrogen) atoms. The first-order valence-corrected chi connectivity index (χ1v) is 7.26. The summed E-state index contributed by atoms with van der Waals surface area (Å²) in [5.74, 6) is -0.417. The molecule has 3 atom stereocenters. The lowest BCUT2D eigenvalue weighted by Gasteiger charge is -2.41. The molecule has 5 heteroatoms. The standard InChI is InChI=1S/C16H24N2O3/c1-12-10-21-13(2)9-18(12)11-16(17,15(19)20-3)14-7-5-4-6-8-14/h4-8,12-13H,9-11,17H2,1-3H3. The first kappa shape index (κ1) is 15.9. The molecule has 0 amide bonds. The fourth-order valence-corrected chi connectivity index (χ4v) is 2.70. The molecule has 0 radical (unpaired) electrons. The highest BCUT2D eigenvalue weighted by Gasteiger charge is 2.41. The van der Waals surface area contributed by atoms with Gasteiger partial charge in [-0.3, -0.25) is 4.90 Å². The zero-order valence-corrected chi connectivity index (χ0v) is 12.9. The third-order valence-corrected chi connectivity index (χ3v) is 4.03. The number of hydrogen-bond donors (Lipinski definition) is 1. The number of nitrogens with two attached hydrogens (primary N) is 1. The Kier molecular flexibility index (Phi) is 4.98. The van der Waals surface area contributed by atoms with Gasteiger partial charge in [0.2, 0.25) is 0 Å². The van der Waals surface area contributed by atoms with Gasteiger partial charge in [0.25, 0.3) is 0 Å². The lowest BCUT2D eigenvalue weighted by molar-refractivity contribution is -0.150. The number of ether oxygens (including phenoxy) is 2. The third-order valence-electron chi connectivity index (χ3n) is 4.03. The Hall–Kier alpha value is -1.43. The number of morpholine rings is 1. The summed E-state index contributed by atoms with van der Waals surface area (Å²) in [6, 6.07) is 9.62. The lowest BCUT2D eigenvalue weighted by atomic mass is 9.89. The Labute approximate surface area is 126 Å². The van der Waals surface area contributed by atoms with Gasteiger partial charge in [-0.25, -0.2) is 4.79 Å². The topological polar surface area (TPSA) is 64.8 Å². The predicted molar refractivity (Wildman–Crippen MR) is 80.8 cm³/mol. The molecule has 2 rings (SSSR count). The average molecular weight is 292 g/mol. The molecule has 0 spiro atoms. The van der Waals surface area contributed by atoms with Crippen LogP contribution in [0, 0.1) is 0 Å². The molecular formula is C16H24N2O3. The van der Waals surface area contributed by atoms with E-state index in [9.17, 15) is 4.79 Å². The normalized spacial score (nSPS) is 26.1. The van der Waals surface area contributed by atoms with Gasteiger partial charge in [-0.2, -0.15) is 0 Å². The fourth-order valence-electron chi connectivity index (χ4n) is 2.70. The highest BCUT2D eigenvalue weighted by Crippen LogP contribution is 2.24. The smallest absolute Gasteiger partial charge is 0.331 e. The molecule has 0 aliphatic carbocycles. The minimum absolute atomic E-state index is 0.138.